The molecule has 1 saturated heterocycles. The number of piperidine rings is 1. The number of hydrogen-bond acceptors (Lipinski definition) is 3. The fourth-order valence-electron chi connectivity index (χ4n) is 4.20. The number of aromatic nitrogens is 2. The number of amides is 2. The van der Waals surface area contributed by atoms with Crippen LogP contribution in [0.15, 0.2) is 24.4 Å². The Kier molecular flexibility index (Phi) is 3.55. The number of carbonyl (C=O) groups is 2. The van der Waals surface area contributed by atoms with Gasteiger partial charge in [-0.25, -0.2) is 4.98 Å². The van der Waals surface area contributed by atoms with Crippen LogP contribution in [0.25, 0.3) is 11.0 Å². The van der Waals surface area contributed by atoms with E-state index in [0.29, 0.717) is 24.0 Å². The van der Waals surface area contributed by atoms with Crippen LogP contribution in [0, 0.1) is 11.8 Å². The average molecular weight is 326 g/mol. The third-order valence-corrected chi connectivity index (χ3v) is 5.68. The Balaban J connectivity index is 1.50. The van der Waals surface area contributed by atoms with E-state index in [9.17, 15) is 9.59 Å². The Hall–Kier alpha value is -2.37. The molecule has 0 spiro atoms. The van der Waals surface area contributed by atoms with Gasteiger partial charge in [-0.15, -0.1) is 0 Å². The van der Waals surface area contributed by atoms with E-state index in [1.54, 1.807) is 6.07 Å². The quantitative estimate of drug-likeness (QED) is 0.916. The predicted octanol–water partition coefficient (Wildman–Crippen LogP) is 1.89. The summed E-state index contributed by atoms with van der Waals surface area (Å²) in [6, 6.07) is 5.83. The van der Waals surface area contributed by atoms with Gasteiger partial charge in [-0.1, -0.05) is 0 Å². The van der Waals surface area contributed by atoms with E-state index in [1.165, 1.54) is 0 Å². The van der Waals surface area contributed by atoms with E-state index in [2.05, 4.69) is 9.97 Å². The van der Waals surface area contributed by atoms with Crippen molar-refractivity contribution >= 4 is 22.8 Å². The molecule has 4 rings (SSSR count). The van der Waals surface area contributed by atoms with Crippen LogP contribution in [-0.4, -0.2) is 58.3 Å². The molecule has 2 aromatic rings. The third kappa shape index (κ3) is 2.46. The number of nitrogens with one attached hydrogen (secondary N) is 1. The van der Waals surface area contributed by atoms with Crippen LogP contribution in [0.5, 0.6) is 0 Å². The second-order valence-electron chi connectivity index (χ2n) is 7.15. The van der Waals surface area contributed by atoms with Gasteiger partial charge in [0.1, 0.15) is 11.3 Å². The molecular weight excluding hydrogens is 304 g/mol. The molecule has 0 radical (unpaired) electrons. The monoisotopic (exact) mass is 326 g/mol. The molecular formula is C18H22N4O2. The zero-order valence-electron chi connectivity index (χ0n) is 14.0. The van der Waals surface area contributed by atoms with Gasteiger partial charge in [0.25, 0.3) is 5.91 Å². The van der Waals surface area contributed by atoms with Crippen molar-refractivity contribution in [2.45, 2.75) is 25.3 Å². The molecule has 2 amide bonds. The Morgan fingerprint density at radius 1 is 1.29 bits per heavy atom. The number of nitrogens with zero attached hydrogens (tertiary/aromatic N) is 3. The molecule has 24 heavy (non-hydrogen) atoms. The minimum Gasteiger partial charge on any atom is -0.346 e. The molecule has 0 bridgehead atoms. The highest BCUT2D eigenvalue weighted by molar-refractivity contribution is 5.94. The third-order valence-electron chi connectivity index (χ3n) is 5.68. The second kappa shape index (κ2) is 5.61. The Morgan fingerprint density at radius 2 is 2.08 bits per heavy atom. The molecule has 6 nitrogen and oxygen atoms in total. The summed E-state index contributed by atoms with van der Waals surface area (Å²) in [5.41, 5.74) is 1.21. The number of pyridine rings is 1. The standard InChI is InChI=1S/C18H22N4O2/c1-21-10-13-8-14(7-12(13)9-16(21)23)22(2)18(24)15-4-3-11-5-6-19-17(11)20-15/h3-6,12-14H,7-10H2,1-2H3,(H,19,20)/t12-,13+,14-/m0/s1. The first-order valence-electron chi connectivity index (χ1n) is 8.48. The van der Waals surface area contributed by atoms with E-state index < -0.39 is 0 Å². The second-order valence-corrected chi connectivity index (χ2v) is 7.15. The van der Waals surface area contributed by atoms with Crippen LogP contribution in [-0.2, 0) is 4.79 Å². The van der Waals surface area contributed by atoms with Crippen molar-refractivity contribution in [3.05, 3.63) is 30.1 Å². The number of aromatic amines is 1. The average Bonchev–Trinajstić information content (AvgIpc) is 3.19. The number of likely N-dealkylation sites (tertiary alicyclic amines) is 1. The zero-order chi connectivity index (χ0) is 16.8. The maximum Gasteiger partial charge on any atom is 0.272 e. The molecule has 0 aromatic carbocycles. The lowest BCUT2D eigenvalue weighted by Crippen LogP contribution is -2.40. The van der Waals surface area contributed by atoms with Crippen LogP contribution in [0.2, 0.25) is 0 Å². The van der Waals surface area contributed by atoms with E-state index in [-0.39, 0.29) is 17.9 Å². The van der Waals surface area contributed by atoms with E-state index in [1.807, 2.05) is 42.2 Å². The first-order chi connectivity index (χ1) is 11.5. The van der Waals surface area contributed by atoms with Gasteiger partial charge in [-0.3, -0.25) is 9.59 Å². The lowest BCUT2D eigenvalue weighted by atomic mass is 9.88. The van der Waals surface area contributed by atoms with Gasteiger partial charge in [0, 0.05) is 44.7 Å². The van der Waals surface area contributed by atoms with Crippen molar-refractivity contribution in [1.29, 1.82) is 0 Å². The van der Waals surface area contributed by atoms with Gasteiger partial charge in [0.15, 0.2) is 0 Å². The Bertz CT molecular complexity index is 799. The molecule has 1 N–H and O–H groups in total. The number of hydrogen-bond donors (Lipinski definition) is 1. The zero-order valence-corrected chi connectivity index (χ0v) is 14.0. The van der Waals surface area contributed by atoms with Gasteiger partial charge in [0.2, 0.25) is 5.91 Å². The highest BCUT2D eigenvalue weighted by Gasteiger charge is 2.42. The smallest absolute Gasteiger partial charge is 0.272 e. The number of carbonyl (C=O) groups excluding carboxylic acids is 2. The first kappa shape index (κ1) is 15.2. The fourth-order valence-corrected chi connectivity index (χ4v) is 4.20. The summed E-state index contributed by atoms with van der Waals surface area (Å²) in [7, 11) is 3.73. The summed E-state index contributed by atoms with van der Waals surface area (Å²) in [6.45, 7) is 0.814. The number of rotatable bonds is 2. The molecule has 2 fully saturated rings. The van der Waals surface area contributed by atoms with E-state index in [4.69, 9.17) is 0 Å². The van der Waals surface area contributed by atoms with Crippen LogP contribution in [0.1, 0.15) is 29.8 Å². The topological polar surface area (TPSA) is 69.3 Å². The molecule has 6 heteroatoms. The van der Waals surface area contributed by atoms with Crippen LogP contribution in [0.3, 0.4) is 0 Å². The SMILES string of the molecule is CN1C[C@H]2C[C@@H](N(C)C(=O)c3ccc4cc[nH]c4n3)C[C@H]2CC1=O. The summed E-state index contributed by atoms with van der Waals surface area (Å²) in [4.78, 5) is 35.8. The Labute approximate surface area is 140 Å². The first-order valence-corrected chi connectivity index (χ1v) is 8.48. The molecule has 1 aliphatic carbocycles. The minimum atomic E-state index is -0.0465. The molecule has 1 aliphatic heterocycles. The lowest BCUT2D eigenvalue weighted by molar-refractivity contribution is -0.134. The maximum atomic E-state index is 12.8. The Morgan fingerprint density at radius 3 is 2.92 bits per heavy atom. The van der Waals surface area contributed by atoms with Crippen molar-refractivity contribution in [2.75, 3.05) is 20.6 Å². The molecule has 1 saturated carbocycles. The van der Waals surface area contributed by atoms with Gasteiger partial charge >= 0.3 is 0 Å². The van der Waals surface area contributed by atoms with Gasteiger partial charge in [0.05, 0.1) is 0 Å². The van der Waals surface area contributed by atoms with Crippen molar-refractivity contribution in [3.63, 3.8) is 0 Å². The van der Waals surface area contributed by atoms with Crippen LogP contribution < -0.4 is 0 Å². The highest BCUT2D eigenvalue weighted by atomic mass is 16.2. The van der Waals surface area contributed by atoms with E-state index >= 15 is 0 Å². The van der Waals surface area contributed by atoms with Crippen molar-refractivity contribution in [1.82, 2.24) is 19.8 Å². The molecule has 2 aromatic heterocycles. The molecule has 3 heterocycles. The van der Waals surface area contributed by atoms with E-state index in [0.717, 1.165) is 30.4 Å². The fraction of sp³-hybridized carbons (Fsp3) is 0.500. The summed E-state index contributed by atoms with van der Waals surface area (Å²) < 4.78 is 0. The van der Waals surface area contributed by atoms with Crippen molar-refractivity contribution in [3.8, 4) is 0 Å². The lowest BCUT2D eigenvalue weighted by Gasteiger charge is -2.31. The van der Waals surface area contributed by atoms with Crippen LogP contribution in [0.4, 0.5) is 0 Å². The summed E-state index contributed by atoms with van der Waals surface area (Å²) >= 11 is 0. The minimum absolute atomic E-state index is 0.0465. The van der Waals surface area contributed by atoms with Crippen molar-refractivity contribution in [2.24, 2.45) is 11.8 Å². The highest BCUT2D eigenvalue weighted by Crippen LogP contribution is 2.40. The molecule has 126 valence electrons. The largest absolute Gasteiger partial charge is 0.346 e. The number of H-pyrrole nitrogens is 1. The number of fused-ring (bicyclic) bond motifs is 2. The summed E-state index contributed by atoms with van der Waals surface area (Å²) in [5, 5.41) is 1.00. The molecule has 2 aliphatic rings. The van der Waals surface area contributed by atoms with Gasteiger partial charge in [-0.2, -0.15) is 0 Å². The van der Waals surface area contributed by atoms with Crippen LogP contribution >= 0.6 is 0 Å². The summed E-state index contributed by atoms with van der Waals surface area (Å²) in [5.74, 6) is 1.10. The summed E-state index contributed by atoms with van der Waals surface area (Å²) in [6.07, 6.45) is 4.32. The maximum absolute atomic E-state index is 12.8. The predicted molar refractivity (Wildman–Crippen MR) is 90.4 cm³/mol. The van der Waals surface area contributed by atoms with Gasteiger partial charge in [-0.05, 0) is 42.9 Å². The molecule has 0 unspecified atom stereocenters. The van der Waals surface area contributed by atoms with Crippen molar-refractivity contribution < 1.29 is 9.59 Å². The normalized spacial score (nSPS) is 26.7. The molecule has 3 atom stereocenters. The van der Waals surface area contributed by atoms with Gasteiger partial charge < -0.3 is 14.8 Å².